The fraction of sp³-hybridized carbons (Fsp3) is 0.441. The molecule has 2 aliphatic heterocycles. The van der Waals surface area contributed by atoms with Gasteiger partial charge in [-0.05, 0) is 103 Å². The maximum atomic E-state index is 13.6. The van der Waals surface area contributed by atoms with E-state index in [1.165, 1.54) is 22.3 Å². The zero-order valence-corrected chi connectivity index (χ0v) is 25.2. The minimum Gasteiger partial charge on any atom is -0.454 e. The summed E-state index contributed by atoms with van der Waals surface area (Å²) in [6.07, 6.45) is 4.78. The van der Waals surface area contributed by atoms with Crippen molar-refractivity contribution < 1.29 is 14.3 Å². The molecule has 5 nitrogen and oxygen atoms in total. The highest BCUT2D eigenvalue weighted by Gasteiger charge is 2.37. The molecule has 40 heavy (non-hydrogen) atoms. The topological polar surface area (TPSA) is 50.8 Å². The van der Waals surface area contributed by atoms with Crippen molar-refractivity contribution in [1.29, 1.82) is 0 Å². The Morgan fingerprint density at radius 3 is 2.40 bits per heavy atom. The van der Waals surface area contributed by atoms with E-state index < -0.39 is 0 Å². The highest BCUT2D eigenvalue weighted by Crippen LogP contribution is 2.46. The van der Waals surface area contributed by atoms with Crippen LogP contribution in [0.5, 0.6) is 11.5 Å². The first-order valence-corrected chi connectivity index (χ1v) is 15.0. The first-order valence-electron chi connectivity index (χ1n) is 14.7. The zero-order chi connectivity index (χ0) is 28.4. The summed E-state index contributed by atoms with van der Waals surface area (Å²) in [5.74, 6) is 1.97. The van der Waals surface area contributed by atoms with Crippen LogP contribution in [0.4, 0.5) is 5.69 Å². The van der Waals surface area contributed by atoms with Crippen LogP contribution in [0.3, 0.4) is 0 Å². The molecular formula is C34H41ClN2O3. The van der Waals surface area contributed by atoms with E-state index in [9.17, 15) is 4.79 Å². The Bertz CT molecular complexity index is 1380. The van der Waals surface area contributed by atoms with Crippen LogP contribution in [0.1, 0.15) is 84.5 Å². The zero-order valence-electron chi connectivity index (χ0n) is 24.4. The Kier molecular flexibility index (Phi) is 8.72. The Balaban J connectivity index is 1.44. The van der Waals surface area contributed by atoms with E-state index in [0.29, 0.717) is 6.54 Å². The molecule has 0 saturated carbocycles. The highest BCUT2D eigenvalue weighted by atomic mass is 35.5. The maximum Gasteiger partial charge on any atom is 0.238 e. The molecule has 0 aromatic heterocycles. The molecule has 2 aliphatic rings. The van der Waals surface area contributed by atoms with Crippen LogP contribution in [0.2, 0.25) is 5.02 Å². The second-order valence-corrected chi connectivity index (χ2v) is 11.6. The standard InChI is InChI=1S/C34H41ClN2O3/c1-6-9-23-10-11-28(21(4)14-23)30-17-26(29-12-13-31-34(22(29)5)40-20-39-31)18-37(30)19-32(38)36-33-24(7-2)15-27(35)16-25(33)8-3/h10-16,26,30H,6-9,17-20H2,1-5H3,(H,36,38)/t26-,30-/m1/s1. The van der Waals surface area contributed by atoms with Gasteiger partial charge in [0.05, 0.1) is 6.54 Å². The number of nitrogens with one attached hydrogen (secondary N) is 1. The lowest BCUT2D eigenvalue weighted by Gasteiger charge is -2.26. The van der Waals surface area contributed by atoms with Crippen LogP contribution in [0.15, 0.2) is 42.5 Å². The third kappa shape index (κ3) is 5.73. The number of amides is 1. The predicted molar refractivity (Wildman–Crippen MR) is 163 cm³/mol. The molecule has 5 rings (SSSR count). The summed E-state index contributed by atoms with van der Waals surface area (Å²) in [5.41, 5.74) is 9.46. The second-order valence-electron chi connectivity index (χ2n) is 11.2. The summed E-state index contributed by atoms with van der Waals surface area (Å²) in [6, 6.07) is 15.2. The Morgan fingerprint density at radius 2 is 1.73 bits per heavy atom. The minimum atomic E-state index is 0.0139. The third-order valence-corrected chi connectivity index (χ3v) is 8.76. The number of ether oxygens (including phenoxy) is 2. The summed E-state index contributed by atoms with van der Waals surface area (Å²) in [4.78, 5) is 16.0. The van der Waals surface area contributed by atoms with Crippen molar-refractivity contribution in [2.45, 2.75) is 78.7 Å². The van der Waals surface area contributed by atoms with Crippen LogP contribution >= 0.6 is 11.6 Å². The molecule has 0 spiro atoms. The number of hydrogen-bond donors (Lipinski definition) is 1. The van der Waals surface area contributed by atoms with Gasteiger partial charge in [0.2, 0.25) is 12.7 Å². The Labute approximate surface area is 243 Å². The van der Waals surface area contributed by atoms with Crippen LogP contribution in [0, 0.1) is 13.8 Å². The van der Waals surface area contributed by atoms with Crippen LogP contribution in [-0.4, -0.2) is 30.7 Å². The van der Waals surface area contributed by atoms with Crippen molar-refractivity contribution >= 4 is 23.2 Å². The second kappa shape index (κ2) is 12.2. The number of fused-ring (bicyclic) bond motifs is 1. The molecule has 3 aromatic carbocycles. The van der Waals surface area contributed by atoms with Gasteiger partial charge in [0.15, 0.2) is 11.5 Å². The molecular weight excluding hydrogens is 520 g/mol. The number of carbonyl (C=O) groups is 1. The van der Waals surface area contributed by atoms with E-state index >= 15 is 0 Å². The number of halogens is 1. The largest absolute Gasteiger partial charge is 0.454 e. The molecule has 2 atom stereocenters. The normalized spacial score (nSPS) is 18.4. The van der Waals surface area contributed by atoms with E-state index in [1.54, 1.807) is 0 Å². The van der Waals surface area contributed by atoms with E-state index in [0.717, 1.165) is 77.5 Å². The molecule has 6 heteroatoms. The van der Waals surface area contributed by atoms with Crippen molar-refractivity contribution in [2.24, 2.45) is 0 Å². The predicted octanol–water partition coefficient (Wildman–Crippen LogP) is 7.93. The third-order valence-electron chi connectivity index (χ3n) is 8.54. The molecule has 0 unspecified atom stereocenters. The SMILES string of the molecule is CCCc1ccc([C@H]2C[C@@H](c3ccc4c(c3C)OCO4)CN2CC(=O)Nc2c(CC)cc(Cl)cc2CC)c(C)c1. The average molecular weight is 561 g/mol. The average Bonchev–Trinajstić information content (AvgIpc) is 3.58. The van der Waals surface area contributed by atoms with Gasteiger partial charge in [0.1, 0.15) is 0 Å². The summed E-state index contributed by atoms with van der Waals surface area (Å²) >= 11 is 6.37. The van der Waals surface area contributed by atoms with E-state index in [-0.39, 0.29) is 24.7 Å². The van der Waals surface area contributed by atoms with Gasteiger partial charge in [-0.3, -0.25) is 9.69 Å². The number of likely N-dealkylation sites (tertiary alicyclic amines) is 1. The van der Waals surface area contributed by atoms with Crippen LogP contribution in [0.25, 0.3) is 0 Å². The summed E-state index contributed by atoms with van der Waals surface area (Å²) in [6.45, 7) is 12.1. The van der Waals surface area contributed by atoms with Gasteiger partial charge in [-0.15, -0.1) is 0 Å². The van der Waals surface area contributed by atoms with Crippen molar-refractivity contribution in [3.05, 3.63) is 86.4 Å². The van der Waals surface area contributed by atoms with Gasteiger partial charge in [-0.25, -0.2) is 0 Å². The fourth-order valence-electron chi connectivity index (χ4n) is 6.56. The first-order chi connectivity index (χ1) is 19.3. The number of nitrogens with zero attached hydrogens (tertiary/aromatic N) is 1. The molecule has 0 bridgehead atoms. The van der Waals surface area contributed by atoms with Gasteiger partial charge in [0, 0.05) is 23.3 Å². The molecule has 1 fully saturated rings. The van der Waals surface area contributed by atoms with Crippen molar-refractivity contribution in [3.8, 4) is 11.5 Å². The van der Waals surface area contributed by atoms with Crippen molar-refractivity contribution in [2.75, 3.05) is 25.2 Å². The van der Waals surface area contributed by atoms with Crippen LogP contribution < -0.4 is 14.8 Å². The smallest absolute Gasteiger partial charge is 0.238 e. The van der Waals surface area contributed by atoms with Gasteiger partial charge in [0.25, 0.3) is 0 Å². The van der Waals surface area contributed by atoms with Crippen LogP contribution in [-0.2, 0) is 24.1 Å². The molecule has 2 heterocycles. The lowest BCUT2D eigenvalue weighted by molar-refractivity contribution is -0.117. The van der Waals surface area contributed by atoms with E-state index in [1.807, 2.05) is 18.2 Å². The van der Waals surface area contributed by atoms with E-state index in [2.05, 4.69) is 69.1 Å². The summed E-state index contributed by atoms with van der Waals surface area (Å²) in [5, 5.41) is 3.99. The Hall–Kier alpha value is -3.02. The monoisotopic (exact) mass is 560 g/mol. The lowest BCUT2D eigenvalue weighted by Crippen LogP contribution is -2.34. The van der Waals surface area contributed by atoms with Gasteiger partial charge < -0.3 is 14.8 Å². The number of anilines is 1. The lowest BCUT2D eigenvalue weighted by atomic mass is 9.89. The van der Waals surface area contributed by atoms with Gasteiger partial charge >= 0.3 is 0 Å². The highest BCUT2D eigenvalue weighted by molar-refractivity contribution is 6.30. The fourth-order valence-corrected chi connectivity index (χ4v) is 6.82. The van der Waals surface area contributed by atoms with Gasteiger partial charge in [-0.1, -0.05) is 63.1 Å². The number of benzene rings is 3. The number of rotatable bonds is 9. The maximum absolute atomic E-state index is 13.6. The molecule has 1 N–H and O–H groups in total. The van der Waals surface area contributed by atoms with Crippen molar-refractivity contribution in [3.63, 3.8) is 0 Å². The number of aryl methyl sites for hydroxylation is 4. The van der Waals surface area contributed by atoms with Gasteiger partial charge in [-0.2, -0.15) is 0 Å². The number of hydrogen-bond acceptors (Lipinski definition) is 4. The molecule has 1 amide bonds. The summed E-state index contributed by atoms with van der Waals surface area (Å²) in [7, 11) is 0. The quantitative estimate of drug-likeness (QED) is 0.289. The first kappa shape index (κ1) is 28.5. The molecule has 212 valence electrons. The Morgan fingerprint density at radius 1 is 1.00 bits per heavy atom. The van der Waals surface area contributed by atoms with E-state index in [4.69, 9.17) is 21.1 Å². The molecule has 1 saturated heterocycles. The van der Waals surface area contributed by atoms with Crippen molar-refractivity contribution in [1.82, 2.24) is 4.90 Å². The number of carbonyl (C=O) groups excluding carboxylic acids is 1. The molecule has 0 radical (unpaired) electrons. The minimum absolute atomic E-state index is 0.0139. The molecule has 3 aromatic rings. The summed E-state index contributed by atoms with van der Waals surface area (Å²) < 4.78 is 11.4. The molecule has 0 aliphatic carbocycles.